The van der Waals surface area contributed by atoms with Crippen LogP contribution in [0.2, 0.25) is 5.02 Å². The average molecular weight is 620 g/mol. The van der Waals surface area contributed by atoms with Crippen LogP contribution in [0.1, 0.15) is 43.9 Å². The number of hydrogen-bond donors (Lipinski definition) is 0. The number of esters is 1. The Balaban J connectivity index is 1.79. The van der Waals surface area contributed by atoms with Gasteiger partial charge in [0, 0.05) is 16.1 Å². The van der Waals surface area contributed by atoms with E-state index in [1.807, 2.05) is 19.1 Å². The minimum Gasteiger partial charge on any atom is -0.496 e. The molecule has 0 N–H and O–H groups in total. The highest BCUT2D eigenvalue weighted by molar-refractivity contribution is 9.10. The molecule has 0 fully saturated rings. The van der Waals surface area contributed by atoms with Crippen LogP contribution in [0, 0.1) is 0 Å². The molecule has 1 aromatic heterocycles. The molecule has 3 aromatic rings. The summed E-state index contributed by atoms with van der Waals surface area (Å²) in [6, 6.07) is 8.10. The number of thiazole rings is 1. The third-order valence-electron chi connectivity index (χ3n) is 6.16. The number of halogens is 2. The number of benzene rings is 2. The lowest BCUT2D eigenvalue weighted by Gasteiger charge is -2.27. The fourth-order valence-electron chi connectivity index (χ4n) is 4.52. The summed E-state index contributed by atoms with van der Waals surface area (Å²) in [7, 11) is 1.55. The Morgan fingerprint density at radius 1 is 1.26 bits per heavy atom. The highest BCUT2D eigenvalue weighted by Crippen LogP contribution is 2.39. The van der Waals surface area contributed by atoms with Gasteiger partial charge < -0.3 is 18.9 Å². The highest BCUT2D eigenvalue weighted by atomic mass is 79.9. The molecular weight excluding hydrogens is 596 g/mol. The van der Waals surface area contributed by atoms with Crippen molar-refractivity contribution in [2.45, 2.75) is 32.7 Å². The summed E-state index contributed by atoms with van der Waals surface area (Å²) in [5.74, 6) is 1.13. The van der Waals surface area contributed by atoms with Crippen molar-refractivity contribution < 1.29 is 23.7 Å². The molecule has 0 radical (unpaired) electrons. The largest absolute Gasteiger partial charge is 0.496 e. The highest BCUT2D eigenvalue weighted by Gasteiger charge is 2.36. The van der Waals surface area contributed by atoms with E-state index in [0.29, 0.717) is 60.4 Å². The molecule has 38 heavy (non-hydrogen) atoms. The number of aromatic nitrogens is 1. The third-order valence-corrected chi connectivity index (χ3v) is 7.96. The predicted molar refractivity (Wildman–Crippen MR) is 148 cm³/mol. The van der Waals surface area contributed by atoms with Crippen LogP contribution in [-0.2, 0) is 9.53 Å². The van der Waals surface area contributed by atoms with Gasteiger partial charge in [0.1, 0.15) is 11.8 Å². The fraction of sp³-hybridized carbons (Fsp3) is 0.296. The molecule has 5 rings (SSSR count). The van der Waals surface area contributed by atoms with Crippen LogP contribution >= 0.6 is 38.9 Å². The topological polar surface area (TPSA) is 88.4 Å². The first-order valence-corrected chi connectivity index (χ1v) is 14.0. The lowest BCUT2D eigenvalue weighted by Crippen LogP contribution is -2.40. The SMILES string of the molecule is CCCC1=C(C(=O)OCC)[C@@H](c2cc(Br)ccc2OC)n2c(s/c(=C/c3cc4c(cc3Cl)OCO4)c2=O)=N1. The molecule has 0 spiro atoms. The zero-order valence-electron chi connectivity index (χ0n) is 20.9. The third kappa shape index (κ3) is 4.76. The lowest BCUT2D eigenvalue weighted by atomic mass is 9.93. The summed E-state index contributed by atoms with van der Waals surface area (Å²) in [5, 5.41) is 0.421. The average Bonchev–Trinajstić information content (AvgIpc) is 3.47. The molecule has 0 bridgehead atoms. The smallest absolute Gasteiger partial charge is 0.338 e. The van der Waals surface area contributed by atoms with Crippen LogP contribution in [0.5, 0.6) is 17.2 Å². The fourth-order valence-corrected chi connectivity index (χ4v) is 6.12. The van der Waals surface area contributed by atoms with E-state index in [1.54, 1.807) is 38.3 Å². The van der Waals surface area contributed by atoms with E-state index in [1.165, 1.54) is 15.9 Å². The molecule has 0 unspecified atom stereocenters. The standard InChI is InChI=1S/C27H24BrClN2O6S/c1-4-6-18-23(26(33)35-5-2)24(16-11-15(28)7-8-19(16)34-3)31-25(32)22(38-27(31)30-18)10-14-9-20-21(12-17(14)29)37-13-36-20/h7-12,24H,4-6,13H2,1-3H3/b22-10+/t24-/m1/s1. The Morgan fingerprint density at radius 3 is 2.74 bits per heavy atom. The maximum absolute atomic E-state index is 14.0. The zero-order valence-corrected chi connectivity index (χ0v) is 24.0. The minimum atomic E-state index is -0.798. The normalized spacial score (nSPS) is 16.3. The molecule has 2 aliphatic rings. The second-order valence-electron chi connectivity index (χ2n) is 8.53. The number of ether oxygens (including phenoxy) is 4. The molecule has 198 valence electrons. The van der Waals surface area contributed by atoms with Gasteiger partial charge in [-0.2, -0.15) is 0 Å². The molecule has 2 aromatic carbocycles. The van der Waals surface area contributed by atoms with Crippen molar-refractivity contribution in [2.24, 2.45) is 4.99 Å². The van der Waals surface area contributed by atoms with E-state index in [9.17, 15) is 9.59 Å². The first-order valence-electron chi connectivity index (χ1n) is 12.0. The molecule has 8 nitrogen and oxygen atoms in total. The van der Waals surface area contributed by atoms with Crippen LogP contribution in [0.3, 0.4) is 0 Å². The summed E-state index contributed by atoms with van der Waals surface area (Å²) in [4.78, 5) is 32.6. The Kier molecular flexibility index (Phi) is 7.65. The van der Waals surface area contributed by atoms with E-state index < -0.39 is 12.0 Å². The molecular formula is C27H24BrClN2O6S. The van der Waals surface area contributed by atoms with Gasteiger partial charge in [0.15, 0.2) is 16.3 Å². The minimum absolute atomic E-state index is 0.114. The van der Waals surface area contributed by atoms with E-state index in [2.05, 4.69) is 15.9 Å². The molecule has 2 aliphatic heterocycles. The number of carbonyl (C=O) groups excluding carboxylic acids is 1. The van der Waals surface area contributed by atoms with Crippen LogP contribution < -0.4 is 29.1 Å². The number of hydrogen-bond acceptors (Lipinski definition) is 8. The van der Waals surface area contributed by atoms with Gasteiger partial charge in [0.2, 0.25) is 6.79 Å². The Hall–Kier alpha value is -3.08. The van der Waals surface area contributed by atoms with E-state index in [0.717, 1.165) is 10.9 Å². The van der Waals surface area contributed by atoms with Gasteiger partial charge in [-0.3, -0.25) is 9.36 Å². The maximum atomic E-state index is 14.0. The summed E-state index contributed by atoms with van der Waals surface area (Å²) in [6.45, 7) is 4.06. The van der Waals surface area contributed by atoms with Crippen LogP contribution in [0.25, 0.3) is 6.08 Å². The summed E-state index contributed by atoms with van der Waals surface area (Å²) in [5.41, 5.74) is 1.85. The van der Waals surface area contributed by atoms with Crippen molar-refractivity contribution in [1.82, 2.24) is 4.57 Å². The Morgan fingerprint density at radius 2 is 2.03 bits per heavy atom. The molecule has 0 saturated heterocycles. The Labute approximate surface area is 235 Å². The van der Waals surface area contributed by atoms with Crippen LogP contribution in [0.15, 0.2) is 55.9 Å². The molecule has 0 amide bonds. The number of methoxy groups -OCH3 is 1. The van der Waals surface area contributed by atoms with Crippen molar-refractivity contribution in [3.05, 3.63) is 81.9 Å². The maximum Gasteiger partial charge on any atom is 0.338 e. The van der Waals surface area contributed by atoms with Gasteiger partial charge in [-0.25, -0.2) is 9.79 Å². The molecule has 11 heteroatoms. The first-order chi connectivity index (χ1) is 18.4. The molecule has 1 atom stereocenters. The molecule has 0 aliphatic carbocycles. The monoisotopic (exact) mass is 618 g/mol. The summed E-state index contributed by atoms with van der Waals surface area (Å²) < 4.78 is 24.7. The number of fused-ring (bicyclic) bond motifs is 2. The van der Waals surface area contributed by atoms with E-state index in [-0.39, 0.29) is 19.0 Å². The van der Waals surface area contributed by atoms with Gasteiger partial charge >= 0.3 is 5.97 Å². The number of nitrogens with zero attached hydrogens (tertiary/aromatic N) is 2. The van der Waals surface area contributed by atoms with Crippen LogP contribution in [-0.4, -0.2) is 31.0 Å². The molecule has 3 heterocycles. The predicted octanol–water partition coefficient (Wildman–Crippen LogP) is 4.73. The first kappa shape index (κ1) is 26.5. The van der Waals surface area contributed by atoms with Crippen molar-refractivity contribution in [1.29, 1.82) is 0 Å². The Bertz CT molecular complexity index is 1640. The number of allylic oxidation sites excluding steroid dienone is 1. The summed E-state index contributed by atoms with van der Waals surface area (Å²) >= 11 is 11.3. The van der Waals surface area contributed by atoms with Crippen molar-refractivity contribution in [2.75, 3.05) is 20.5 Å². The van der Waals surface area contributed by atoms with E-state index in [4.69, 9.17) is 35.5 Å². The van der Waals surface area contributed by atoms with Gasteiger partial charge in [0.05, 0.1) is 34.5 Å². The summed E-state index contributed by atoms with van der Waals surface area (Å²) in [6.07, 6.45) is 3.00. The van der Waals surface area contributed by atoms with Crippen molar-refractivity contribution in [3.63, 3.8) is 0 Å². The van der Waals surface area contributed by atoms with Gasteiger partial charge in [0.25, 0.3) is 5.56 Å². The second-order valence-corrected chi connectivity index (χ2v) is 10.9. The van der Waals surface area contributed by atoms with Gasteiger partial charge in [-0.05, 0) is 49.2 Å². The number of rotatable bonds is 7. The van der Waals surface area contributed by atoms with Crippen LogP contribution in [0.4, 0.5) is 0 Å². The second kappa shape index (κ2) is 11.0. The van der Waals surface area contributed by atoms with Gasteiger partial charge in [-0.1, -0.05) is 52.2 Å². The number of carbonyl (C=O) groups is 1. The van der Waals surface area contributed by atoms with Crippen molar-refractivity contribution in [3.8, 4) is 17.2 Å². The molecule has 0 saturated carbocycles. The van der Waals surface area contributed by atoms with Crippen molar-refractivity contribution >= 4 is 50.9 Å². The van der Waals surface area contributed by atoms with E-state index >= 15 is 0 Å². The quantitative estimate of drug-likeness (QED) is 0.356. The van der Waals surface area contributed by atoms with Gasteiger partial charge in [-0.15, -0.1) is 0 Å². The lowest BCUT2D eigenvalue weighted by molar-refractivity contribution is -0.139. The zero-order chi connectivity index (χ0) is 27.0.